The number of rotatable bonds is 5. The third kappa shape index (κ3) is 4.17. The van der Waals surface area contributed by atoms with Crippen molar-refractivity contribution >= 4 is 39.7 Å². The van der Waals surface area contributed by atoms with Crippen molar-refractivity contribution in [2.75, 3.05) is 23.7 Å². The zero-order chi connectivity index (χ0) is 18.0. The van der Waals surface area contributed by atoms with Crippen molar-refractivity contribution in [3.8, 4) is 0 Å². The Bertz CT molecular complexity index is 898. The summed E-state index contributed by atoms with van der Waals surface area (Å²) in [6.45, 7) is 2.61. The lowest BCUT2D eigenvalue weighted by Gasteiger charge is -2.18. The lowest BCUT2D eigenvalue weighted by molar-refractivity contribution is -0.117. The van der Waals surface area contributed by atoms with Gasteiger partial charge in [-0.3, -0.25) is 4.79 Å². The molecule has 0 unspecified atom stereocenters. The molecule has 1 aliphatic heterocycles. The highest BCUT2D eigenvalue weighted by Crippen LogP contribution is 2.31. The smallest absolute Gasteiger partial charge is 0.240 e. The summed E-state index contributed by atoms with van der Waals surface area (Å²) in [6, 6.07) is 12.2. The number of sulfonamides is 1. The van der Waals surface area contributed by atoms with Crippen molar-refractivity contribution in [3.63, 3.8) is 0 Å². The van der Waals surface area contributed by atoms with E-state index >= 15 is 0 Å². The number of carbonyl (C=O) groups is 1. The van der Waals surface area contributed by atoms with Crippen LogP contribution in [0.15, 0.2) is 47.4 Å². The normalized spacial score (nSPS) is 13.2. The van der Waals surface area contributed by atoms with Gasteiger partial charge in [0.25, 0.3) is 0 Å². The number of nitrogens with two attached hydrogens (primary N) is 1. The van der Waals surface area contributed by atoms with Gasteiger partial charge in [0.15, 0.2) is 0 Å². The van der Waals surface area contributed by atoms with Crippen molar-refractivity contribution in [3.05, 3.63) is 53.6 Å². The molecule has 0 aromatic heterocycles. The highest BCUT2D eigenvalue weighted by atomic mass is 35.5. The first-order valence-corrected chi connectivity index (χ1v) is 9.66. The number of amides is 1. The fraction of sp³-hybridized carbons (Fsp3) is 0.278. The molecule has 0 atom stereocenters. The first-order valence-electron chi connectivity index (χ1n) is 8.18. The van der Waals surface area contributed by atoms with Gasteiger partial charge >= 0.3 is 0 Å². The van der Waals surface area contributed by atoms with E-state index in [-0.39, 0.29) is 29.6 Å². The minimum absolute atomic E-state index is 0. The summed E-state index contributed by atoms with van der Waals surface area (Å²) in [4.78, 5) is 14.5. The van der Waals surface area contributed by atoms with E-state index in [1.165, 1.54) is 0 Å². The van der Waals surface area contributed by atoms with Gasteiger partial charge in [0.2, 0.25) is 15.9 Å². The molecule has 1 heterocycles. The maximum Gasteiger partial charge on any atom is 0.240 e. The molecule has 0 fully saturated rings. The largest absolute Gasteiger partial charge is 0.399 e. The molecule has 6 nitrogen and oxygen atoms in total. The van der Waals surface area contributed by atoms with Crippen LogP contribution in [0.2, 0.25) is 0 Å². The van der Waals surface area contributed by atoms with Gasteiger partial charge in [0.1, 0.15) is 0 Å². The van der Waals surface area contributed by atoms with Gasteiger partial charge in [-0.15, -0.1) is 12.4 Å². The van der Waals surface area contributed by atoms with Gasteiger partial charge in [-0.05, 0) is 41.8 Å². The standard InChI is InChI=1S/C18H21N3O3S.ClH/c1-2-20-25(23,24)16-8-5-14-9-10-21(17(14)12-16)18(22)11-13-3-6-15(19)7-4-13;/h3-8,12,20H,2,9-11,19H2,1H3;1H. The lowest BCUT2D eigenvalue weighted by atomic mass is 10.1. The maximum absolute atomic E-state index is 12.7. The van der Waals surface area contributed by atoms with E-state index in [2.05, 4.69) is 4.72 Å². The van der Waals surface area contributed by atoms with Crippen molar-refractivity contribution in [1.29, 1.82) is 0 Å². The second-order valence-electron chi connectivity index (χ2n) is 6.01. The molecule has 0 aliphatic carbocycles. The van der Waals surface area contributed by atoms with Gasteiger partial charge < -0.3 is 10.6 Å². The van der Waals surface area contributed by atoms with E-state index < -0.39 is 10.0 Å². The van der Waals surface area contributed by atoms with E-state index in [1.54, 1.807) is 42.2 Å². The highest BCUT2D eigenvalue weighted by molar-refractivity contribution is 7.89. The Labute approximate surface area is 159 Å². The van der Waals surface area contributed by atoms with E-state index in [9.17, 15) is 13.2 Å². The number of anilines is 2. The summed E-state index contributed by atoms with van der Waals surface area (Å²) >= 11 is 0. The van der Waals surface area contributed by atoms with Gasteiger partial charge in [-0.25, -0.2) is 13.1 Å². The Balaban J connectivity index is 0.00000243. The van der Waals surface area contributed by atoms with Crippen LogP contribution in [-0.2, 0) is 27.7 Å². The third-order valence-corrected chi connectivity index (χ3v) is 5.78. The minimum atomic E-state index is -3.55. The van der Waals surface area contributed by atoms with Gasteiger partial charge in [0.05, 0.1) is 11.3 Å². The first kappa shape index (κ1) is 20.2. The summed E-state index contributed by atoms with van der Waals surface area (Å²) in [5, 5.41) is 0. The van der Waals surface area contributed by atoms with Crippen LogP contribution in [0, 0.1) is 0 Å². The Kier molecular flexibility index (Phi) is 6.28. The number of halogens is 1. The minimum Gasteiger partial charge on any atom is -0.399 e. The van der Waals surface area contributed by atoms with Crippen molar-refractivity contribution < 1.29 is 13.2 Å². The van der Waals surface area contributed by atoms with E-state index in [1.807, 2.05) is 12.1 Å². The van der Waals surface area contributed by atoms with Crippen LogP contribution in [0.25, 0.3) is 0 Å². The van der Waals surface area contributed by atoms with Gasteiger partial charge in [-0.1, -0.05) is 25.1 Å². The molecule has 1 amide bonds. The summed E-state index contributed by atoms with van der Waals surface area (Å²) in [5.74, 6) is -0.0541. The molecule has 3 rings (SSSR count). The first-order chi connectivity index (χ1) is 11.9. The number of hydrogen-bond acceptors (Lipinski definition) is 4. The molecule has 2 aromatic rings. The van der Waals surface area contributed by atoms with E-state index in [4.69, 9.17) is 5.73 Å². The van der Waals surface area contributed by atoms with Crippen LogP contribution in [0.3, 0.4) is 0 Å². The molecule has 1 aliphatic rings. The van der Waals surface area contributed by atoms with E-state index in [0.717, 1.165) is 17.5 Å². The SMILES string of the molecule is CCNS(=O)(=O)c1ccc2c(c1)N(C(=O)Cc1ccc(N)cc1)CC2.Cl. The molecule has 0 bridgehead atoms. The number of carbonyl (C=O) groups excluding carboxylic acids is 1. The van der Waals surface area contributed by atoms with Crippen molar-refractivity contribution in [2.45, 2.75) is 24.7 Å². The van der Waals surface area contributed by atoms with Gasteiger partial charge in [-0.2, -0.15) is 0 Å². The number of nitrogens with zero attached hydrogens (tertiary/aromatic N) is 1. The molecular weight excluding hydrogens is 374 g/mol. The zero-order valence-corrected chi connectivity index (χ0v) is 16.1. The van der Waals surface area contributed by atoms with E-state index in [0.29, 0.717) is 24.5 Å². The molecule has 2 aromatic carbocycles. The molecule has 0 radical (unpaired) electrons. The monoisotopic (exact) mass is 395 g/mol. The second-order valence-corrected chi connectivity index (χ2v) is 7.77. The number of nitrogens with one attached hydrogen (secondary N) is 1. The molecule has 26 heavy (non-hydrogen) atoms. The molecule has 0 spiro atoms. The number of benzene rings is 2. The molecule has 3 N–H and O–H groups in total. The van der Waals surface area contributed by atoms with Crippen LogP contribution >= 0.6 is 12.4 Å². The fourth-order valence-electron chi connectivity index (χ4n) is 2.96. The van der Waals surface area contributed by atoms with Gasteiger partial charge in [0, 0.05) is 24.5 Å². The molecule has 140 valence electrons. The maximum atomic E-state index is 12.7. The van der Waals surface area contributed by atoms with Crippen molar-refractivity contribution in [1.82, 2.24) is 4.72 Å². The summed E-state index contributed by atoms with van der Waals surface area (Å²) in [6.07, 6.45) is 0.980. The quantitative estimate of drug-likeness (QED) is 0.758. The number of nitrogen functional groups attached to an aromatic ring is 1. The van der Waals surface area contributed by atoms with Crippen LogP contribution in [0.1, 0.15) is 18.1 Å². The van der Waals surface area contributed by atoms with Crippen molar-refractivity contribution in [2.24, 2.45) is 0 Å². The van der Waals surface area contributed by atoms with Crippen LogP contribution < -0.4 is 15.4 Å². The summed E-state index contributed by atoms with van der Waals surface area (Å²) < 4.78 is 26.9. The zero-order valence-electron chi connectivity index (χ0n) is 14.4. The molecule has 0 saturated carbocycles. The lowest BCUT2D eigenvalue weighted by Crippen LogP contribution is -2.30. The van der Waals surface area contributed by atoms with Crippen LogP contribution in [0.4, 0.5) is 11.4 Å². The predicted octanol–water partition coefficient (Wildman–Crippen LogP) is 2.12. The summed E-state index contributed by atoms with van der Waals surface area (Å²) in [5.41, 5.74) is 8.87. The predicted molar refractivity (Wildman–Crippen MR) is 105 cm³/mol. The third-order valence-electron chi connectivity index (χ3n) is 4.23. The average Bonchev–Trinajstić information content (AvgIpc) is 3.00. The molecule has 0 saturated heterocycles. The van der Waals surface area contributed by atoms with Crippen LogP contribution in [-0.4, -0.2) is 27.4 Å². The second kappa shape index (κ2) is 8.07. The molecule has 8 heteroatoms. The average molecular weight is 396 g/mol. The number of fused-ring (bicyclic) bond motifs is 1. The summed E-state index contributed by atoms with van der Waals surface area (Å²) in [7, 11) is -3.55. The highest BCUT2D eigenvalue weighted by Gasteiger charge is 2.26. The number of hydrogen-bond donors (Lipinski definition) is 2. The molecular formula is C18H22ClN3O3S. The fourth-order valence-corrected chi connectivity index (χ4v) is 4.02. The topological polar surface area (TPSA) is 92.5 Å². The van der Waals surface area contributed by atoms with Crippen LogP contribution in [0.5, 0.6) is 0 Å². The Morgan fingerprint density at radius 2 is 1.88 bits per heavy atom. The Morgan fingerprint density at radius 3 is 2.54 bits per heavy atom. The Morgan fingerprint density at radius 1 is 1.19 bits per heavy atom. The Hall–Kier alpha value is -2.09.